The zero-order chi connectivity index (χ0) is 11.2. The van der Waals surface area contributed by atoms with Crippen molar-refractivity contribution in [2.45, 2.75) is 57.1 Å². The maximum atomic E-state index is 5.70. The third-order valence-corrected chi connectivity index (χ3v) is 4.02. The van der Waals surface area contributed by atoms with Crippen molar-refractivity contribution in [1.29, 1.82) is 0 Å². The van der Waals surface area contributed by atoms with E-state index in [9.17, 15) is 0 Å². The Bertz CT molecular complexity index is 190. The van der Waals surface area contributed by atoms with Crippen molar-refractivity contribution in [3.05, 3.63) is 0 Å². The molecule has 0 aromatic carbocycles. The Balaban J connectivity index is 1.83. The van der Waals surface area contributed by atoms with E-state index in [1.165, 1.54) is 44.9 Å². The molecule has 0 radical (unpaired) electrons. The van der Waals surface area contributed by atoms with E-state index in [4.69, 9.17) is 10.5 Å². The van der Waals surface area contributed by atoms with Crippen molar-refractivity contribution in [3.8, 4) is 0 Å². The van der Waals surface area contributed by atoms with Gasteiger partial charge in [-0.25, -0.2) is 0 Å². The summed E-state index contributed by atoms with van der Waals surface area (Å²) in [6, 6.07) is 0.804. The van der Waals surface area contributed by atoms with E-state index in [1.807, 2.05) is 0 Å². The van der Waals surface area contributed by atoms with Gasteiger partial charge in [-0.3, -0.25) is 4.90 Å². The van der Waals surface area contributed by atoms with Crippen LogP contribution in [-0.4, -0.2) is 43.3 Å². The van der Waals surface area contributed by atoms with E-state index in [2.05, 4.69) is 4.90 Å². The van der Waals surface area contributed by atoms with Crippen molar-refractivity contribution < 1.29 is 4.74 Å². The fourth-order valence-corrected chi connectivity index (χ4v) is 3.02. The topological polar surface area (TPSA) is 38.5 Å². The smallest absolute Gasteiger partial charge is 0.0824 e. The highest BCUT2D eigenvalue weighted by Gasteiger charge is 2.25. The maximum absolute atomic E-state index is 5.70. The normalized spacial score (nSPS) is 30.9. The predicted molar refractivity (Wildman–Crippen MR) is 66.5 cm³/mol. The molecule has 0 aromatic heterocycles. The fraction of sp³-hybridized carbons (Fsp3) is 1.00. The summed E-state index contributed by atoms with van der Waals surface area (Å²) in [7, 11) is 0. The summed E-state index contributed by atoms with van der Waals surface area (Å²) >= 11 is 0. The van der Waals surface area contributed by atoms with Crippen molar-refractivity contribution in [1.82, 2.24) is 4.90 Å². The van der Waals surface area contributed by atoms with Crippen LogP contribution in [0.3, 0.4) is 0 Å². The molecule has 0 bridgehead atoms. The van der Waals surface area contributed by atoms with Crippen molar-refractivity contribution in [3.63, 3.8) is 0 Å². The Morgan fingerprint density at radius 2 is 1.75 bits per heavy atom. The molecule has 0 spiro atoms. The van der Waals surface area contributed by atoms with Crippen LogP contribution in [0.25, 0.3) is 0 Å². The standard InChI is InChI=1S/C13H26N2O/c14-10-13-11-15(8-9-16-13)12-6-4-2-1-3-5-7-12/h12-13H,1-11,14H2. The molecular weight excluding hydrogens is 200 g/mol. The van der Waals surface area contributed by atoms with Gasteiger partial charge in [0.1, 0.15) is 0 Å². The largest absolute Gasteiger partial charge is 0.374 e. The van der Waals surface area contributed by atoms with Crippen molar-refractivity contribution in [2.24, 2.45) is 5.73 Å². The Labute approximate surface area is 99.3 Å². The van der Waals surface area contributed by atoms with Gasteiger partial charge < -0.3 is 10.5 Å². The summed E-state index contributed by atoms with van der Waals surface area (Å²) in [5.41, 5.74) is 5.70. The Kier molecular flexibility index (Phi) is 5.07. The van der Waals surface area contributed by atoms with Gasteiger partial charge in [-0.2, -0.15) is 0 Å². The lowest BCUT2D eigenvalue weighted by Crippen LogP contribution is -2.50. The van der Waals surface area contributed by atoms with E-state index < -0.39 is 0 Å². The van der Waals surface area contributed by atoms with E-state index in [-0.39, 0.29) is 6.10 Å². The van der Waals surface area contributed by atoms with Crippen LogP contribution in [0.1, 0.15) is 44.9 Å². The lowest BCUT2D eigenvalue weighted by molar-refractivity contribution is -0.0418. The van der Waals surface area contributed by atoms with Crippen LogP contribution < -0.4 is 5.73 Å². The Hall–Kier alpha value is -0.120. The minimum absolute atomic E-state index is 0.277. The van der Waals surface area contributed by atoms with Crippen LogP contribution in [0.15, 0.2) is 0 Å². The molecule has 2 N–H and O–H groups in total. The molecule has 1 saturated heterocycles. The summed E-state index contributed by atoms with van der Waals surface area (Å²) in [4.78, 5) is 2.63. The first kappa shape index (κ1) is 12.3. The van der Waals surface area contributed by atoms with Gasteiger partial charge in [0, 0.05) is 25.7 Å². The SMILES string of the molecule is NCC1CN(C2CCCCCCC2)CCO1. The van der Waals surface area contributed by atoms with Gasteiger partial charge in [-0.15, -0.1) is 0 Å². The summed E-state index contributed by atoms with van der Waals surface area (Å²) in [6.45, 7) is 3.71. The number of hydrogen-bond acceptors (Lipinski definition) is 3. The molecule has 2 fully saturated rings. The third-order valence-electron chi connectivity index (χ3n) is 4.02. The number of rotatable bonds is 2. The highest BCUT2D eigenvalue weighted by molar-refractivity contribution is 4.79. The van der Waals surface area contributed by atoms with E-state index >= 15 is 0 Å². The summed E-state index contributed by atoms with van der Waals surface area (Å²) in [5.74, 6) is 0. The predicted octanol–water partition coefficient (Wildman–Crippen LogP) is 1.76. The van der Waals surface area contributed by atoms with Gasteiger partial charge in [-0.1, -0.05) is 32.1 Å². The molecule has 0 amide bonds. The molecule has 1 aliphatic carbocycles. The average molecular weight is 226 g/mol. The highest BCUT2D eigenvalue weighted by atomic mass is 16.5. The second kappa shape index (κ2) is 6.58. The molecule has 2 aliphatic rings. The number of nitrogens with zero attached hydrogens (tertiary/aromatic N) is 1. The maximum Gasteiger partial charge on any atom is 0.0824 e. The quantitative estimate of drug-likeness (QED) is 0.780. The molecule has 1 aliphatic heterocycles. The van der Waals surface area contributed by atoms with Gasteiger partial charge >= 0.3 is 0 Å². The van der Waals surface area contributed by atoms with Crippen molar-refractivity contribution in [2.75, 3.05) is 26.2 Å². The first-order valence-electron chi connectivity index (χ1n) is 6.96. The lowest BCUT2D eigenvalue weighted by Gasteiger charge is -2.38. The fourth-order valence-electron chi connectivity index (χ4n) is 3.02. The highest BCUT2D eigenvalue weighted by Crippen LogP contribution is 2.22. The van der Waals surface area contributed by atoms with E-state index in [1.54, 1.807) is 0 Å². The van der Waals surface area contributed by atoms with Gasteiger partial charge in [0.05, 0.1) is 12.7 Å². The zero-order valence-corrected chi connectivity index (χ0v) is 10.4. The minimum atomic E-state index is 0.277. The summed E-state index contributed by atoms with van der Waals surface area (Å²) < 4.78 is 5.64. The van der Waals surface area contributed by atoms with Gasteiger partial charge in [0.2, 0.25) is 0 Å². The molecule has 3 nitrogen and oxygen atoms in total. The first-order valence-corrected chi connectivity index (χ1v) is 6.96. The molecule has 0 aromatic rings. The molecule has 16 heavy (non-hydrogen) atoms. The second-order valence-corrected chi connectivity index (χ2v) is 5.22. The number of morpholine rings is 1. The molecule has 94 valence electrons. The summed E-state index contributed by atoms with van der Waals surface area (Å²) in [5, 5.41) is 0. The van der Waals surface area contributed by atoms with Crippen LogP contribution in [0, 0.1) is 0 Å². The first-order chi connectivity index (χ1) is 7.90. The molecular formula is C13H26N2O. The molecule has 1 unspecified atom stereocenters. The number of ether oxygens (including phenoxy) is 1. The van der Waals surface area contributed by atoms with Crippen LogP contribution in [0.2, 0.25) is 0 Å². The molecule has 1 heterocycles. The molecule has 2 rings (SSSR count). The van der Waals surface area contributed by atoms with E-state index in [0.29, 0.717) is 6.54 Å². The minimum Gasteiger partial charge on any atom is -0.374 e. The Morgan fingerprint density at radius 1 is 1.06 bits per heavy atom. The monoisotopic (exact) mass is 226 g/mol. The van der Waals surface area contributed by atoms with Gasteiger partial charge in [0.25, 0.3) is 0 Å². The van der Waals surface area contributed by atoms with E-state index in [0.717, 1.165) is 25.7 Å². The molecule has 1 atom stereocenters. The van der Waals surface area contributed by atoms with Crippen LogP contribution in [0.5, 0.6) is 0 Å². The van der Waals surface area contributed by atoms with Crippen LogP contribution in [0.4, 0.5) is 0 Å². The van der Waals surface area contributed by atoms with Crippen LogP contribution >= 0.6 is 0 Å². The zero-order valence-electron chi connectivity index (χ0n) is 10.4. The molecule has 1 saturated carbocycles. The lowest BCUT2D eigenvalue weighted by atomic mass is 9.95. The van der Waals surface area contributed by atoms with Crippen LogP contribution in [-0.2, 0) is 4.74 Å². The Morgan fingerprint density at radius 3 is 2.44 bits per heavy atom. The number of nitrogens with two attached hydrogens (primary N) is 1. The third kappa shape index (κ3) is 3.44. The van der Waals surface area contributed by atoms with Gasteiger partial charge in [0.15, 0.2) is 0 Å². The second-order valence-electron chi connectivity index (χ2n) is 5.22. The molecule has 3 heteroatoms. The van der Waals surface area contributed by atoms with Crippen molar-refractivity contribution >= 4 is 0 Å². The number of hydrogen-bond donors (Lipinski definition) is 1. The average Bonchev–Trinajstić information content (AvgIpc) is 2.29. The van der Waals surface area contributed by atoms with Gasteiger partial charge in [-0.05, 0) is 12.8 Å². The summed E-state index contributed by atoms with van der Waals surface area (Å²) in [6.07, 6.45) is 10.2.